The quantitative estimate of drug-likeness (QED) is 0.0829. The number of imide groups is 1. The fourth-order valence-electron chi connectivity index (χ4n) is 5.08. The lowest BCUT2D eigenvalue weighted by Gasteiger charge is -2.28. The smallest absolute Gasteiger partial charge is 0.305 e. The summed E-state index contributed by atoms with van der Waals surface area (Å²) in [5.41, 5.74) is -1.73. The van der Waals surface area contributed by atoms with E-state index in [-0.39, 0.29) is 12.1 Å². The highest BCUT2D eigenvalue weighted by Crippen LogP contribution is 2.37. The number of halogens is 4. The largest absolute Gasteiger partial charge is 0.419 e. The van der Waals surface area contributed by atoms with Crippen LogP contribution >= 0.6 is 0 Å². The molecule has 1 aromatic carbocycles. The van der Waals surface area contributed by atoms with Gasteiger partial charge in [-0.25, -0.2) is 24.5 Å². The Labute approximate surface area is 261 Å². The summed E-state index contributed by atoms with van der Waals surface area (Å²) in [6.45, 7) is 3.06. The van der Waals surface area contributed by atoms with Gasteiger partial charge in [0.25, 0.3) is 5.91 Å². The number of nitriles is 1. The van der Waals surface area contributed by atoms with Gasteiger partial charge >= 0.3 is 12.2 Å². The van der Waals surface area contributed by atoms with Crippen LogP contribution in [0, 0.1) is 17.1 Å². The zero-order chi connectivity index (χ0) is 33.6. The van der Waals surface area contributed by atoms with Crippen LogP contribution in [0.25, 0.3) is 11.3 Å². The number of urea groups is 1. The molecule has 1 aliphatic heterocycles. The summed E-state index contributed by atoms with van der Waals surface area (Å²) >= 11 is 0. The Morgan fingerprint density at radius 1 is 1.09 bits per heavy atom. The molecule has 2 aromatic heterocycles. The average Bonchev–Trinajstić information content (AvgIpc) is 3.55. The number of aromatic nitrogens is 4. The first-order valence-electron chi connectivity index (χ1n) is 14.5. The SMILES string of the molecule is CC1(C)C(=O)N(c2cnc(C#N)c(C(F)(F)F)c2)C(=O)N1Cc1ccc(-c2cn(CCCCCCCCC(=O)NO)nn2)cc1F. The van der Waals surface area contributed by atoms with Crippen molar-refractivity contribution in [3.8, 4) is 17.3 Å². The molecule has 0 bridgehead atoms. The van der Waals surface area contributed by atoms with Gasteiger partial charge in [0, 0.05) is 24.1 Å². The first-order valence-corrected chi connectivity index (χ1v) is 14.5. The van der Waals surface area contributed by atoms with Crippen molar-refractivity contribution in [2.45, 2.75) is 83.6 Å². The molecular formula is C30H32F4N8O4. The molecule has 0 radical (unpaired) electrons. The highest BCUT2D eigenvalue weighted by Gasteiger charge is 2.52. The van der Waals surface area contributed by atoms with Crippen LogP contribution in [0.2, 0.25) is 0 Å². The Morgan fingerprint density at radius 2 is 1.78 bits per heavy atom. The van der Waals surface area contributed by atoms with Gasteiger partial charge in [0.15, 0.2) is 5.69 Å². The molecule has 3 heterocycles. The van der Waals surface area contributed by atoms with E-state index in [1.54, 1.807) is 22.4 Å². The number of pyridine rings is 1. The molecule has 3 aromatic rings. The normalized spacial score (nSPS) is 14.6. The number of rotatable bonds is 13. The molecule has 0 saturated carbocycles. The maximum absolute atomic E-state index is 15.3. The lowest BCUT2D eigenvalue weighted by Crippen LogP contribution is -2.43. The Hall–Kier alpha value is -4.91. The zero-order valence-electron chi connectivity index (χ0n) is 25.1. The second-order valence-electron chi connectivity index (χ2n) is 11.3. The number of hydrogen-bond acceptors (Lipinski definition) is 8. The van der Waals surface area contributed by atoms with Crippen molar-refractivity contribution in [3.05, 3.63) is 59.3 Å². The van der Waals surface area contributed by atoms with Crippen LogP contribution in [0.5, 0.6) is 0 Å². The van der Waals surface area contributed by atoms with E-state index < -0.39 is 52.3 Å². The highest BCUT2D eigenvalue weighted by molar-refractivity contribution is 6.22. The summed E-state index contributed by atoms with van der Waals surface area (Å²) in [4.78, 5) is 42.7. The van der Waals surface area contributed by atoms with Crippen molar-refractivity contribution in [2.75, 3.05) is 4.90 Å². The van der Waals surface area contributed by atoms with Gasteiger partial charge in [0.1, 0.15) is 23.1 Å². The van der Waals surface area contributed by atoms with Crippen molar-refractivity contribution in [1.82, 2.24) is 30.4 Å². The molecular weight excluding hydrogens is 612 g/mol. The van der Waals surface area contributed by atoms with E-state index >= 15 is 4.39 Å². The van der Waals surface area contributed by atoms with Crippen LogP contribution in [0.15, 0.2) is 36.7 Å². The number of amides is 4. The van der Waals surface area contributed by atoms with E-state index in [1.807, 2.05) is 0 Å². The van der Waals surface area contributed by atoms with E-state index in [9.17, 15) is 27.6 Å². The lowest BCUT2D eigenvalue weighted by atomic mass is 10.0. The van der Waals surface area contributed by atoms with Crippen LogP contribution in [0.3, 0.4) is 0 Å². The van der Waals surface area contributed by atoms with Crippen molar-refractivity contribution in [3.63, 3.8) is 0 Å². The summed E-state index contributed by atoms with van der Waals surface area (Å²) < 4.78 is 57.5. The summed E-state index contributed by atoms with van der Waals surface area (Å²) in [5.74, 6) is -1.91. The molecule has 1 aliphatic rings. The van der Waals surface area contributed by atoms with Gasteiger partial charge in [-0.05, 0) is 38.8 Å². The number of nitrogens with zero attached hydrogens (tertiary/aromatic N) is 7. The molecule has 4 amide bonds. The highest BCUT2D eigenvalue weighted by atomic mass is 19.4. The molecule has 244 valence electrons. The van der Waals surface area contributed by atoms with Gasteiger partial charge in [-0.2, -0.15) is 18.4 Å². The molecule has 1 fully saturated rings. The molecule has 4 rings (SSSR count). The Morgan fingerprint density at radius 3 is 2.43 bits per heavy atom. The predicted molar refractivity (Wildman–Crippen MR) is 154 cm³/mol. The maximum Gasteiger partial charge on any atom is 0.419 e. The van der Waals surface area contributed by atoms with E-state index in [2.05, 4.69) is 15.3 Å². The number of hydrogen-bond donors (Lipinski definition) is 2. The van der Waals surface area contributed by atoms with Crippen molar-refractivity contribution in [1.29, 1.82) is 5.26 Å². The molecule has 12 nitrogen and oxygen atoms in total. The standard InChI is InChI=1S/C30H32F4N8O4/c1-29(2)27(44)42(21-14-22(30(32,33)34)24(15-35)36-16-21)28(45)41(29)17-20-11-10-19(13-23(20)31)25-18-40(39-37-25)12-8-6-4-3-5-7-9-26(43)38-46/h10-11,13-14,16,18,46H,3-9,12,17H2,1-2H3,(H,38,43). The minimum atomic E-state index is -4.95. The third kappa shape index (κ3) is 7.48. The van der Waals surface area contributed by atoms with Gasteiger partial charge in [-0.1, -0.05) is 43.0 Å². The number of alkyl halides is 3. The number of anilines is 1. The number of aryl methyl sites for hydroxylation is 1. The number of nitrogens with one attached hydrogen (secondary N) is 1. The van der Waals surface area contributed by atoms with Gasteiger partial charge in [-0.15, -0.1) is 5.10 Å². The van der Waals surface area contributed by atoms with E-state index in [0.717, 1.165) is 43.2 Å². The van der Waals surface area contributed by atoms with Gasteiger partial charge in [0.2, 0.25) is 5.91 Å². The van der Waals surface area contributed by atoms with E-state index in [0.29, 0.717) is 41.6 Å². The molecule has 16 heteroatoms. The molecule has 0 unspecified atom stereocenters. The van der Waals surface area contributed by atoms with Crippen molar-refractivity contribution >= 4 is 23.5 Å². The number of carbonyl (C=O) groups is 3. The number of unbranched alkanes of at least 4 members (excludes halogenated alkanes) is 5. The molecule has 1 saturated heterocycles. The molecule has 0 atom stereocenters. The number of hydroxylamine groups is 1. The third-order valence-corrected chi connectivity index (χ3v) is 7.75. The molecule has 0 spiro atoms. The Bertz CT molecular complexity index is 1650. The molecule has 46 heavy (non-hydrogen) atoms. The van der Waals surface area contributed by atoms with Gasteiger partial charge < -0.3 is 4.90 Å². The van der Waals surface area contributed by atoms with Crippen LogP contribution in [0.4, 0.5) is 28.0 Å². The van der Waals surface area contributed by atoms with E-state index in [1.165, 1.54) is 32.0 Å². The first kappa shape index (κ1) is 34.0. The number of carbonyl (C=O) groups excluding carboxylic acids is 3. The molecule has 2 N–H and O–H groups in total. The summed E-state index contributed by atoms with van der Waals surface area (Å²) in [7, 11) is 0. The van der Waals surface area contributed by atoms with Gasteiger partial charge in [-0.3, -0.25) is 19.5 Å². The third-order valence-electron chi connectivity index (χ3n) is 7.75. The fraction of sp³-hybridized carbons (Fsp3) is 0.433. The van der Waals surface area contributed by atoms with Crippen molar-refractivity contribution < 1.29 is 37.2 Å². The van der Waals surface area contributed by atoms with E-state index in [4.69, 9.17) is 10.5 Å². The minimum absolute atomic E-state index is 0.0677. The predicted octanol–water partition coefficient (Wildman–Crippen LogP) is 5.35. The first-order chi connectivity index (χ1) is 21.8. The lowest BCUT2D eigenvalue weighted by molar-refractivity contribution is -0.138. The summed E-state index contributed by atoms with van der Waals surface area (Å²) in [6, 6.07) is 5.17. The fourth-order valence-corrected chi connectivity index (χ4v) is 5.08. The summed E-state index contributed by atoms with van der Waals surface area (Å²) in [5, 5.41) is 25.7. The number of benzene rings is 1. The van der Waals surface area contributed by atoms with Crippen LogP contribution in [-0.2, 0) is 28.9 Å². The minimum Gasteiger partial charge on any atom is -0.305 e. The Kier molecular flexibility index (Phi) is 10.4. The monoisotopic (exact) mass is 644 g/mol. The second-order valence-corrected chi connectivity index (χ2v) is 11.3. The van der Waals surface area contributed by atoms with Crippen molar-refractivity contribution in [2.24, 2.45) is 0 Å². The molecule has 0 aliphatic carbocycles. The zero-order valence-corrected chi connectivity index (χ0v) is 25.1. The van der Waals surface area contributed by atoms with Crippen LogP contribution in [0.1, 0.15) is 75.6 Å². The summed E-state index contributed by atoms with van der Waals surface area (Å²) in [6.07, 6.45) is 3.20. The topological polar surface area (TPSA) is 157 Å². The van der Waals surface area contributed by atoms with Gasteiger partial charge in [0.05, 0.1) is 30.2 Å². The maximum atomic E-state index is 15.3. The second kappa shape index (κ2) is 14.0. The van der Waals surface area contributed by atoms with Crippen LogP contribution < -0.4 is 10.4 Å². The average molecular weight is 645 g/mol. The Balaban J connectivity index is 1.39. The van der Waals surface area contributed by atoms with Crippen LogP contribution in [-0.4, -0.2) is 53.5 Å².